The van der Waals surface area contributed by atoms with Gasteiger partial charge in [0.05, 0.1) is 13.5 Å². The van der Waals surface area contributed by atoms with Crippen LogP contribution < -0.4 is 4.74 Å². The SMILES string of the molecule is CCCCN(C)C(=O)Cc1cc(Cl)ccc1OC. The molecular weight excluding hydrogens is 250 g/mol. The Morgan fingerprint density at radius 1 is 1.44 bits per heavy atom. The molecule has 0 heterocycles. The van der Waals surface area contributed by atoms with Gasteiger partial charge in [0.1, 0.15) is 5.75 Å². The summed E-state index contributed by atoms with van der Waals surface area (Å²) in [5.41, 5.74) is 0.832. The van der Waals surface area contributed by atoms with Gasteiger partial charge in [-0.25, -0.2) is 0 Å². The number of benzene rings is 1. The van der Waals surface area contributed by atoms with Gasteiger partial charge in [-0.15, -0.1) is 0 Å². The lowest BCUT2D eigenvalue weighted by molar-refractivity contribution is -0.129. The number of nitrogens with zero attached hydrogens (tertiary/aromatic N) is 1. The molecule has 1 rings (SSSR count). The number of carbonyl (C=O) groups is 1. The minimum Gasteiger partial charge on any atom is -0.496 e. The van der Waals surface area contributed by atoms with Crippen molar-refractivity contribution in [1.29, 1.82) is 0 Å². The van der Waals surface area contributed by atoms with Crippen LogP contribution in [0.5, 0.6) is 5.75 Å². The highest BCUT2D eigenvalue weighted by Gasteiger charge is 2.12. The molecule has 1 aromatic carbocycles. The molecule has 100 valence electrons. The van der Waals surface area contributed by atoms with Gasteiger partial charge in [-0.1, -0.05) is 24.9 Å². The molecule has 1 amide bonds. The highest BCUT2D eigenvalue weighted by molar-refractivity contribution is 6.30. The Kier molecular flexibility index (Phi) is 5.99. The van der Waals surface area contributed by atoms with Crippen LogP contribution in [-0.4, -0.2) is 31.5 Å². The van der Waals surface area contributed by atoms with Crippen LogP contribution in [-0.2, 0) is 11.2 Å². The molecule has 0 aliphatic rings. The molecule has 4 heteroatoms. The van der Waals surface area contributed by atoms with Crippen LogP contribution in [0, 0.1) is 0 Å². The zero-order valence-electron chi connectivity index (χ0n) is 11.2. The van der Waals surface area contributed by atoms with Crippen molar-refractivity contribution in [2.75, 3.05) is 20.7 Å². The lowest BCUT2D eigenvalue weighted by atomic mass is 10.1. The average Bonchev–Trinajstić information content (AvgIpc) is 2.36. The fourth-order valence-corrected chi connectivity index (χ4v) is 1.90. The van der Waals surface area contributed by atoms with E-state index in [9.17, 15) is 4.79 Å². The first kappa shape index (κ1) is 14.8. The molecule has 0 spiro atoms. The maximum Gasteiger partial charge on any atom is 0.226 e. The first-order valence-electron chi connectivity index (χ1n) is 6.14. The maximum atomic E-state index is 12.0. The van der Waals surface area contributed by atoms with E-state index in [1.807, 2.05) is 7.05 Å². The molecule has 0 fully saturated rings. The van der Waals surface area contributed by atoms with Crippen LogP contribution in [0.15, 0.2) is 18.2 Å². The molecule has 0 aliphatic heterocycles. The Morgan fingerprint density at radius 2 is 2.17 bits per heavy atom. The quantitative estimate of drug-likeness (QED) is 0.794. The van der Waals surface area contributed by atoms with Crippen LogP contribution in [0.3, 0.4) is 0 Å². The minimum atomic E-state index is 0.0871. The Balaban J connectivity index is 2.71. The number of amides is 1. The lowest BCUT2D eigenvalue weighted by Crippen LogP contribution is -2.29. The van der Waals surface area contributed by atoms with E-state index in [2.05, 4.69) is 6.92 Å². The number of unbranched alkanes of at least 4 members (excludes halogenated alkanes) is 1. The molecule has 0 atom stereocenters. The predicted molar refractivity (Wildman–Crippen MR) is 74.3 cm³/mol. The van der Waals surface area contributed by atoms with Crippen LogP contribution >= 0.6 is 11.6 Å². The first-order chi connectivity index (χ1) is 8.58. The molecule has 0 aromatic heterocycles. The van der Waals surface area contributed by atoms with Gasteiger partial charge in [0.25, 0.3) is 0 Å². The first-order valence-corrected chi connectivity index (χ1v) is 6.52. The van der Waals surface area contributed by atoms with Crippen molar-refractivity contribution in [3.05, 3.63) is 28.8 Å². The third kappa shape index (κ3) is 4.22. The van der Waals surface area contributed by atoms with E-state index in [-0.39, 0.29) is 5.91 Å². The monoisotopic (exact) mass is 269 g/mol. The van der Waals surface area contributed by atoms with Gasteiger partial charge in [0.2, 0.25) is 5.91 Å². The van der Waals surface area contributed by atoms with Crippen molar-refractivity contribution in [3.63, 3.8) is 0 Å². The Morgan fingerprint density at radius 3 is 2.78 bits per heavy atom. The Bertz CT molecular complexity index is 407. The van der Waals surface area contributed by atoms with E-state index in [1.165, 1.54) is 0 Å². The summed E-state index contributed by atoms with van der Waals surface area (Å²) in [6, 6.07) is 5.33. The summed E-state index contributed by atoms with van der Waals surface area (Å²) < 4.78 is 5.23. The number of ether oxygens (including phenoxy) is 1. The molecule has 0 saturated heterocycles. The molecule has 0 bridgehead atoms. The number of methoxy groups -OCH3 is 1. The van der Waals surface area contributed by atoms with Crippen molar-refractivity contribution in [3.8, 4) is 5.75 Å². The number of carbonyl (C=O) groups excluding carboxylic acids is 1. The van der Waals surface area contributed by atoms with Crippen LogP contribution in [0.2, 0.25) is 5.02 Å². The average molecular weight is 270 g/mol. The molecule has 0 unspecified atom stereocenters. The van der Waals surface area contributed by atoms with Gasteiger partial charge in [0, 0.05) is 24.2 Å². The lowest BCUT2D eigenvalue weighted by Gasteiger charge is -2.17. The summed E-state index contributed by atoms with van der Waals surface area (Å²) in [5, 5.41) is 0.620. The normalized spacial score (nSPS) is 10.2. The van der Waals surface area contributed by atoms with E-state index < -0.39 is 0 Å². The zero-order chi connectivity index (χ0) is 13.5. The standard InChI is InChI=1S/C14H20ClNO2/c1-4-5-8-16(2)14(17)10-11-9-12(15)6-7-13(11)18-3/h6-7,9H,4-5,8,10H2,1-3H3. The molecule has 1 aromatic rings. The van der Waals surface area contributed by atoms with Crippen molar-refractivity contribution < 1.29 is 9.53 Å². The second kappa shape index (κ2) is 7.27. The molecule has 18 heavy (non-hydrogen) atoms. The molecule has 3 nitrogen and oxygen atoms in total. The van der Waals surface area contributed by atoms with Crippen molar-refractivity contribution in [2.24, 2.45) is 0 Å². The van der Waals surface area contributed by atoms with Gasteiger partial charge in [-0.3, -0.25) is 4.79 Å². The van der Waals surface area contributed by atoms with E-state index in [1.54, 1.807) is 30.2 Å². The predicted octanol–water partition coefficient (Wildman–Crippen LogP) is 3.15. The number of hydrogen-bond donors (Lipinski definition) is 0. The molecule has 0 saturated carbocycles. The third-order valence-corrected chi connectivity index (χ3v) is 3.09. The molecule has 0 radical (unpaired) electrons. The number of rotatable bonds is 6. The second-order valence-electron chi connectivity index (χ2n) is 4.30. The van der Waals surface area contributed by atoms with E-state index in [4.69, 9.17) is 16.3 Å². The summed E-state index contributed by atoms with van der Waals surface area (Å²) in [6.07, 6.45) is 2.43. The zero-order valence-corrected chi connectivity index (χ0v) is 12.0. The van der Waals surface area contributed by atoms with Crippen molar-refractivity contribution in [2.45, 2.75) is 26.2 Å². The Hall–Kier alpha value is -1.22. The summed E-state index contributed by atoms with van der Waals surface area (Å²) in [5.74, 6) is 0.792. The summed E-state index contributed by atoms with van der Waals surface area (Å²) >= 11 is 5.94. The van der Waals surface area contributed by atoms with Gasteiger partial charge in [0.15, 0.2) is 0 Å². The summed E-state index contributed by atoms with van der Waals surface area (Å²) in [4.78, 5) is 13.8. The number of hydrogen-bond acceptors (Lipinski definition) is 2. The molecule has 0 N–H and O–H groups in total. The van der Waals surface area contributed by atoms with E-state index in [0.717, 1.165) is 24.9 Å². The fraction of sp³-hybridized carbons (Fsp3) is 0.500. The maximum absolute atomic E-state index is 12.0. The summed E-state index contributed by atoms with van der Waals surface area (Å²) in [6.45, 7) is 2.90. The number of likely N-dealkylation sites (N-methyl/N-ethyl adjacent to an activating group) is 1. The molecular formula is C14H20ClNO2. The smallest absolute Gasteiger partial charge is 0.226 e. The summed E-state index contributed by atoms with van der Waals surface area (Å²) in [7, 11) is 3.42. The Labute approximate surface area is 114 Å². The van der Waals surface area contributed by atoms with Gasteiger partial charge in [-0.2, -0.15) is 0 Å². The van der Waals surface area contributed by atoms with Crippen molar-refractivity contribution in [1.82, 2.24) is 4.90 Å². The van der Waals surface area contributed by atoms with Gasteiger partial charge in [-0.05, 0) is 24.6 Å². The third-order valence-electron chi connectivity index (χ3n) is 2.86. The number of halogens is 1. The molecule has 0 aliphatic carbocycles. The van der Waals surface area contributed by atoms with E-state index in [0.29, 0.717) is 17.2 Å². The van der Waals surface area contributed by atoms with Crippen LogP contribution in [0.1, 0.15) is 25.3 Å². The topological polar surface area (TPSA) is 29.5 Å². The van der Waals surface area contributed by atoms with Gasteiger partial charge < -0.3 is 9.64 Å². The van der Waals surface area contributed by atoms with Gasteiger partial charge >= 0.3 is 0 Å². The highest BCUT2D eigenvalue weighted by Crippen LogP contribution is 2.23. The largest absolute Gasteiger partial charge is 0.496 e. The van der Waals surface area contributed by atoms with Crippen LogP contribution in [0.25, 0.3) is 0 Å². The van der Waals surface area contributed by atoms with Crippen LogP contribution in [0.4, 0.5) is 0 Å². The second-order valence-corrected chi connectivity index (χ2v) is 4.74. The van der Waals surface area contributed by atoms with Crippen molar-refractivity contribution >= 4 is 17.5 Å². The fourth-order valence-electron chi connectivity index (χ4n) is 1.70. The highest BCUT2D eigenvalue weighted by atomic mass is 35.5. The van der Waals surface area contributed by atoms with E-state index >= 15 is 0 Å². The minimum absolute atomic E-state index is 0.0871.